The molecule has 1 aromatic carbocycles. The van der Waals surface area contributed by atoms with Crippen LogP contribution in [0.15, 0.2) is 18.2 Å². The van der Waals surface area contributed by atoms with Crippen molar-refractivity contribution >= 4 is 11.9 Å². The molecule has 1 aromatic rings. The number of rotatable bonds is 5. The number of carboxylic acids is 1. The SMILES string of the molecule is CCC(C)C(NC(=O)c1ccc(F)cc1O)C(=O)O. The van der Waals surface area contributed by atoms with E-state index in [4.69, 9.17) is 5.11 Å². The zero-order chi connectivity index (χ0) is 14.6. The Balaban J connectivity index is 2.91. The predicted molar refractivity (Wildman–Crippen MR) is 66.4 cm³/mol. The van der Waals surface area contributed by atoms with Crippen molar-refractivity contribution in [2.45, 2.75) is 26.3 Å². The molecule has 2 atom stereocenters. The first kappa shape index (κ1) is 14.9. The molecule has 0 aliphatic rings. The van der Waals surface area contributed by atoms with Crippen LogP contribution in [0.3, 0.4) is 0 Å². The molecule has 1 rings (SSSR count). The fourth-order valence-corrected chi connectivity index (χ4v) is 1.60. The van der Waals surface area contributed by atoms with E-state index < -0.39 is 29.5 Å². The third kappa shape index (κ3) is 3.67. The minimum atomic E-state index is -1.15. The molecule has 0 saturated carbocycles. The number of aromatic hydroxyl groups is 1. The average molecular weight is 269 g/mol. The predicted octanol–water partition coefficient (Wildman–Crippen LogP) is 1.76. The van der Waals surface area contributed by atoms with E-state index in [1.807, 2.05) is 6.92 Å². The van der Waals surface area contributed by atoms with Gasteiger partial charge in [-0.1, -0.05) is 20.3 Å². The second-order valence-corrected chi connectivity index (χ2v) is 4.34. The smallest absolute Gasteiger partial charge is 0.326 e. The van der Waals surface area contributed by atoms with Crippen molar-refractivity contribution in [2.75, 3.05) is 0 Å². The number of carboxylic acid groups (broad SMARTS) is 1. The lowest BCUT2D eigenvalue weighted by Crippen LogP contribution is -2.45. The largest absolute Gasteiger partial charge is 0.507 e. The van der Waals surface area contributed by atoms with Crippen molar-refractivity contribution in [3.63, 3.8) is 0 Å². The van der Waals surface area contributed by atoms with Crippen molar-refractivity contribution < 1.29 is 24.2 Å². The standard InChI is InChI=1S/C13H16FNO4/c1-3-7(2)11(13(18)19)15-12(17)9-5-4-8(14)6-10(9)16/h4-7,11,16H,3H2,1-2H3,(H,15,17)(H,18,19). The van der Waals surface area contributed by atoms with Crippen LogP contribution >= 0.6 is 0 Å². The van der Waals surface area contributed by atoms with Crippen LogP contribution in [-0.2, 0) is 4.79 Å². The molecule has 6 heteroatoms. The minimum absolute atomic E-state index is 0.157. The van der Waals surface area contributed by atoms with Gasteiger partial charge in [0, 0.05) is 6.07 Å². The molecular weight excluding hydrogens is 253 g/mol. The number of hydrogen-bond acceptors (Lipinski definition) is 3. The van der Waals surface area contributed by atoms with Crippen LogP contribution in [0.4, 0.5) is 4.39 Å². The number of halogens is 1. The van der Waals surface area contributed by atoms with Gasteiger partial charge < -0.3 is 15.5 Å². The van der Waals surface area contributed by atoms with Crippen molar-refractivity contribution in [3.05, 3.63) is 29.6 Å². The average Bonchev–Trinajstić information content (AvgIpc) is 2.34. The Morgan fingerprint density at radius 1 is 1.42 bits per heavy atom. The van der Waals surface area contributed by atoms with E-state index >= 15 is 0 Å². The summed E-state index contributed by atoms with van der Waals surface area (Å²) >= 11 is 0. The van der Waals surface area contributed by atoms with Crippen LogP contribution in [0.2, 0.25) is 0 Å². The summed E-state index contributed by atoms with van der Waals surface area (Å²) in [6.07, 6.45) is 0.576. The van der Waals surface area contributed by atoms with Gasteiger partial charge in [0.05, 0.1) is 5.56 Å². The quantitative estimate of drug-likeness (QED) is 0.760. The number of carbonyl (C=O) groups is 2. The van der Waals surface area contributed by atoms with E-state index in [1.54, 1.807) is 6.92 Å². The first-order valence-corrected chi connectivity index (χ1v) is 5.89. The highest BCUT2D eigenvalue weighted by Crippen LogP contribution is 2.18. The molecular formula is C13H16FNO4. The zero-order valence-electron chi connectivity index (χ0n) is 10.7. The van der Waals surface area contributed by atoms with E-state index in [-0.39, 0.29) is 11.5 Å². The molecule has 1 amide bonds. The molecule has 0 saturated heterocycles. The zero-order valence-corrected chi connectivity index (χ0v) is 10.7. The second-order valence-electron chi connectivity index (χ2n) is 4.34. The van der Waals surface area contributed by atoms with E-state index in [0.29, 0.717) is 6.42 Å². The van der Waals surface area contributed by atoms with Crippen LogP contribution in [0.5, 0.6) is 5.75 Å². The summed E-state index contributed by atoms with van der Waals surface area (Å²) in [5.74, 6) is -3.35. The molecule has 0 aromatic heterocycles. The fourth-order valence-electron chi connectivity index (χ4n) is 1.60. The Kier molecular flexibility index (Phi) is 4.86. The van der Waals surface area contributed by atoms with Gasteiger partial charge in [-0.15, -0.1) is 0 Å². The number of benzene rings is 1. The van der Waals surface area contributed by atoms with Gasteiger partial charge in [0.2, 0.25) is 0 Å². The number of nitrogens with one attached hydrogen (secondary N) is 1. The van der Waals surface area contributed by atoms with E-state index in [0.717, 1.165) is 18.2 Å². The highest BCUT2D eigenvalue weighted by molar-refractivity contribution is 5.98. The van der Waals surface area contributed by atoms with Crippen LogP contribution in [-0.4, -0.2) is 28.1 Å². The summed E-state index contributed by atoms with van der Waals surface area (Å²) in [4.78, 5) is 22.9. The molecule has 5 nitrogen and oxygen atoms in total. The van der Waals surface area contributed by atoms with Crippen molar-refractivity contribution in [1.82, 2.24) is 5.32 Å². The topological polar surface area (TPSA) is 86.6 Å². The Morgan fingerprint density at radius 2 is 2.05 bits per heavy atom. The molecule has 19 heavy (non-hydrogen) atoms. The summed E-state index contributed by atoms with van der Waals surface area (Å²) in [6, 6.07) is 1.87. The highest BCUT2D eigenvalue weighted by Gasteiger charge is 2.26. The van der Waals surface area contributed by atoms with Crippen LogP contribution in [0.25, 0.3) is 0 Å². The van der Waals surface area contributed by atoms with E-state index in [9.17, 15) is 19.1 Å². The van der Waals surface area contributed by atoms with Gasteiger partial charge in [-0.3, -0.25) is 4.79 Å². The fraction of sp³-hybridized carbons (Fsp3) is 0.385. The van der Waals surface area contributed by atoms with E-state index in [1.165, 1.54) is 0 Å². The Labute approximate surface area is 110 Å². The molecule has 0 heterocycles. The Morgan fingerprint density at radius 3 is 2.53 bits per heavy atom. The first-order chi connectivity index (χ1) is 8.86. The van der Waals surface area contributed by atoms with Crippen LogP contribution < -0.4 is 5.32 Å². The van der Waals surface area contributed by atoms with Gasteiger partial charge in [-0.2, -0.15) is 0 Å². The first-order valence-electron chi connectivity index (χ1n) is 5.89. The van der Waals surface area contributed by atoms with Crippen molar-refractivity contribution in [3.8, 4) is 5.75 Å². The molecule has 0 bridgehead atoms. The van der Waals surface area contributed by atoms with Gasteiger partial charge in [0.25, 0.3) is 5.91 Å². The molecule has 0 fully saturated rings. The minimum Gasteiger partial charge on any atom is -0.507 e. The second kappa shape index (κ2) is 6.17. The maximum absolute atomic E-state index is 12.8. The lowest BCUT2D eigenvalue weighted by Gasteiger charge is -2.20. The summed E-state index contributed by atoms with van der Waals surface area (Å²) in [5.41, 5.74) is -0.157. The summed E-state index contributed by atoms with van der Waals surface area (Å²) in [7, 11) is 0. The molecule has 0 radical (unpaired) electrons. The maximum Gasteiger partial charge on any atom is 0.326 e. The van der Waals surface area contributed by atoms with Gasteiger partial charge in [0.15, 0.2) is 0 Å². The lowest BCUT2D eigenvalue weighted by atomic mass is 9.99. The van der Waals surface area contributed by atoms with Crippen LogP contribution in [0.1, 0.15) is 30.6 Å². The molecule has 2 unspecified atom stereocenters. The van der Waals surface area contributed by atoms with Gasteiger partial charge in [0.1, 0.15) is 17.6 Å². The molecule has 0 spiro atoms. The highest BCUT2D eigenvalue weighted by atomic mass is 19.1. The molecule has 3 N–H and O–H groups in total. The van der Waals surface area contributed by atoms with Crippen molar-refractivity contribution in [2.24, 2.45) is 5.92 Å². The maximum atomic E-state index is 12.8. The molecule has 104 valence electrons. The lowest BCUT2D eigenvalue weighted by molar-refractivity contribution is -0.140. The molecule has 0 aliphatic carbocycles. The summed E-state index contributed by atoms with van der Waals surface area (Å²) in [6.45, 7) is 3.51. The number of aliphatic carboxylic acids is 1. The Bertz CT molecular complexity index is 490. The monoisotopic (exact) mass is 269 g/mol. The number of carbonyl (C=O) groups excluding carboxylic acids is 1. The third-order valence-corrected chi connectivity index (χ3v) is 2.97. The van der Waals surface area contributed by atoms with Gasteiger partial charge in [-0.05, 0) is 18.1 Å². The van der Waals surface area contributed by atoms with E-state index in [2.05, 4.69) is 5.32 Å². The van der Waals surface area contributed by atoms with Crippen molar-refractivity contribution in [1.29, 1.82) is 0 Å². The Hall–Kier alpha value is -2.11. The summed E-state index contributed by atoms with van der Waals surface area (Å²) < 4.78 is 12.8. The summed E-state index contributed by atoms with van der Waals surface area (Å²) in [5, 5.41) is 20.8. The van der Waals surface area contributed by atoms with Crippen LogP contribution in [0, 0.1) is 11.7 Å². The number of hydrogen-bond donors (Lipinski definition) is 3. The molecule has 0 aliphatic heterocycles. The number of phenols is 1. The van der Waals surface area contributed by atoms with Gasteiger partial charge >= 0.3 is 5.97 Å². The normalized spacial score (nSPS) is 13.6. The van der Waals surface area contributed by atoms with Gasteiger partial charge in [-0.25, -0.2) is 9.18 Å². The number of amides is 1. The third-order valence-electron chi connectivity index (χ3n) is 2.97. The number of phenolic OH excluding ortho intramolecular Hbond substituents is 1.